The molecule has 0 unspecified atom stereocenters. The normalized spacial score (nSPS) is 5.50. The van der Waals surface area contributed by atoms with E-state index in [0.29, 0.717) is 0 Å². The molecule has 30 valence electrons. The molecule has 0 aliphatic carbocycles. The van der Waals surface area contributed by atoms with Crippen LogP contribution < -0.4 is 0 Å². The molecule has 0 fully saturated rings. The van der Waals surface area contributed by atoms with Crippen molar-refractivity contribution in [3.05, 3.63) is 0 Å². The maximum absolute atomic E-state index is 4.96. The SMILES string of the molecule is [B][B][B]CC.[Ru]. The van der Waals surface area contributed by atoms with Crippen LogP contribution in [-0.2, 0) is 19.5 Å². The third kappa shape index (κ3) is 8.84. The van der Waals surface area contributed by atoms with Gasteiger partial charge in [-0.2, -0.15) is 0 Å². The third-order valence-electron chi connectivity index (χ3n) is 0.372. The molecular weight excluding hydrogens is 158 g/mol. The average molecular weight is 163 g/mol. The summed E-state index contributed by atoms with van der Waals surface area (Å²) in [5, 5.41) is 0. The van der Waals surface area contributed by atoms with Gasteiger partial charge in [-0.3, -0.25) is 0 Å². The molecule has 4 heteroatoms. The molecule has 0 heterocycles. The Bertz CT molecular complexity index is 16.3. The molecule has 0 rings (SSSR count). The van der Waals surface area contributed by atoms with Crippen LogP contribution in [0.3, 0.4) is 0 Å². The van der Waals surface area contributed by atoms with Gasteiger partial charge >= 0.3 is 0 Å². The summed E-state index contributed by atoms with van der Waals surface area (Å²) in [6.45, 7) is 2.04. The Kier molecular flexibility index (Phi) is 15.4. The predicted molar refractivity (Wildman–Crippen MR) is 27.7 cm³/mol. The van der Waals surface area contributed by atoms with E-state index >= 15 is 0 Å². The van der Waals surface area contributed by atoms with E-state index in [0.717, 1.165) is 6.32 Å². The van der Waals surface area contributed by atoms with Gasteiger partial charge in [0.15, 0.2) is 0 Å². The summed E-state index contributed by atoms with van der Waals surface area (Å²) in [7, 11) is 8.42. The summed E-state index contributed by atoms with van der Waals surface area (Å²) < 4.78 is 0. The van der Waals surface area contributed by atoms with Gasteiger partial charge < -0.3 is 0 Å². The van der Waals surface area contributed by atoms with Crippen molar-refractivity contribution in [3.63, 3.8) is 0 Å². The molecule has 6 heavy (non-hydrogen) atoms. The Hall–Kier alpha value is 0.818. The molecule has 0 atom stereocenters. The van der Waals surface area contributed by atoms with Crippen molar-refractivity contribution in [2.45, 2.75) is 13.2 Å². The summed E-state index contributed by atoms with van der Waals surface area (Å²) >= 11 is 0. The molecule has 0 saturated heterocycles. The van der Waals surface area contributed by atoms with Gasteiger partial charge in [-0.25, -0.2) is 0 Å². The third-order valence-corrected chi connectivity index (χ3v) is 0.372. The van der Waals surface area contributed by atoms with E-state index in [1.54, 1.807) is 7.06 Å². The second kappa shape index (κ2) is 9.26. The van der Waals surface area contributed by atoms with E-state index in [1.807, 2.05) is 14.1 Å². The zero-order chi connectivity index (χ0) is 4.12. The van der Waals surface area contributed by atoms with Crippen molar-refractivity contribution >= 4 is 22.0 Å². The van der Waals surface area contributed by atoms with Gasteiger partial charge in [-0.15, -0.1) is 0 Å². The van der Waals surface area contributed by atoms with Crippen LogP contribution in [0.1, 0.15) is 6.92 Å². The minimum atomic E-state index is 0. The smallest absolute Gasteiger partial charge is 0.0541 e. The quantitative estimate of drug-likeness (QED) is 0.495. The van der Waals surface area contributed by atoms with Crippen LogP contribution in [0.25, 0.3) is 0 Å². The van der Waals surface area contributed by atoms with Crippen molar-refractivity contribution < 1.29 is 19.5 Å². The van der Waals surface area contributed by atoms with Gasteiger partial charge in [0.05, 0.1) is 7.17 Å². The molecule has 0 aliphatic heterocycles. The Morgan fingerprint density at radius 1 is 1.67 bits per heavy atom. The van der Waals surface area contributed by atoms with Crippen molar-refractivity contribution in [1.29, 1.82) is 0 Å². The van der Waals surface area contributed by atoms with Crippen LogP contribution in [-0.4, -0.2) is 22.0 Å². The van der Waals surface area contributed by atoms with Gasteiger partial charge in [0.1, 0.15) is 0 Å². The minimum absolute atomic E-state index is 0. The molecule has 0 spiro atoms. The average Bonchev–Trinajstić information content (AvgIpc) is 1.41. The molecule has 0 amide bonds. The van der Waals surface area contributed by atoms with E-state index in [2.05, 4.69) is 0 Å². The fourth-order valence-electron chi connectivity index (χ4n) is 0.136. The Morgan fingerprint density at radius 2 is 2.17 bits per heavy atom. The van der Waals surface area contributed by atoms with Crippen LogP contribution in [0.4, 0.5) is 0 Å². The number of hydrogen-bond donors (Lipinski definition) is 0. The van der Waals surface area contributed by atoms with Crippen molar-refractivity contribution in [2.24, 2.45) is 0 Å². The maximum atomic E-state index is 4.96. The summed E-state index contributed by atoms with van der Waals surface area (Å²) in [5.74, 6) is 0. The van der Waals surface area contributed by atoms with E-state index < -0.39 is 0 Å². The van der Waals surface area contributed by atoms with Gasteiger partial charge in [-0.05, 0) is 0 Å². The number of rotatable bonds is 2. The first kappa shape index (κ1) is 9.94. The summed E-state index contributed by atoms with van der Waals surface area (Å²) in [6, 6.07) is 0. The monoisotopic (exact) mass is 164 g/mol. The standard InChI is InChI=1S/C2H5B3.Ru/c1-2-4-5-3;/h2H2,1H3;. The van der Waals surface area contributed by atoms with Crippen LogP contribution in [0, 0.1) is 0 Å². The molecule has 0 aromatic heterocycles. The first-order valence-electron chi connectivity index (χ1n) is 1.78. The van der Waals surface area contributed by atoms with Gasteiger partial charge in [0.25, 0.3) is 0 Å². The van der Waals surface area contributed by atoms with Crippen LogP contribution in [0.5, 0.6) is 0 Å². The molecule has 0 aromatic carbocycles. The van der Waals surface area contributed by atoms with Crippen LogP contribution >= 0.6 is 0 Å². The van der Waals surface area contributed by atoms with Crippen molar-refractivity contribution in [1.82, 2.24) is 0 Å². The van der Waals surface area contributed by atoms with Crippen LogP contribution in [0.2, 0.25) is 6.32 Å². The van der Waals surface area contributed by atoms with E-state index in [9.17, 15) is 0 Å². The number of hydrogen-bond acceptors (Lipinski definition) is 0. The Morgan fingerprint density at radius 3 is 2.17 bits per heavy atom. The molecule has 0 bridgehead atoms. The van der Waals surface area contributed by atoms with Gasteiger partial charge in [-0.1, -0.05) is 13.2 Å². The van der Waals surface area contributed by atoms with E-state index in [4.69, 9.17) is 7.74 Å². The molecule has 0 aliphatic rings. The molecule has 0 saturated carbocycles. The largest absolute Gasteiger partial charge is 0.0923 e. The molecule has 0 aromatic rings. The van der Waals surface area contributed by atoms with Crippen molar-refractivity contribution in [2.75, 3.05) is 0 Å². The van der Waals surface area contributed by atoms with Gasteiger partial charge in [0.2, 0.25) is 0 Å². The summed E-state index contributed by atoms with van der Waals surface area (Å²) in [6.07, 6.45) is 1.04. The zero-order valence-corrected chi connectivity index (χ0v) is 5.53. The Labute approximate surface area is 55.1 Å². The second-order valence-corrected chi connectivity index (χ2v) is 0.836. The van der Waals surface area contributed by atoms with E-state index in [-0.39, 0.29) is 19.5 Å². The Balaban J connectivity index is 0. The zero-order valence-electron chi connectivity index (χ0n) is 3.79. The first-order chi connectivity index (χ1) is 2.41. The first-order valence-corrected chi connectivity index (χ1v) is 1.78. The predicted octanol–water partition coefficient (Wildman–Crippen LogP) is -0.171. The van der Waals surface area contributed by atoms with E-state index in [1.165, 1.54) is 0 Å². The maximum Gasteiger partial charge on any atom is 0.0541 e. The molecule has 0 N–H and O–H groups in total. The fraction of sp³-hybridized carbons (Fsp3) is 1.00. The van der Waals surface area contributed by atoms with Crippen LogP contribution in [0.15, 0.2) is 0 Å². The molecule has 0 nitrogen and oxygen atoms in total. The topological polar surface area (TPSA) is 0 Å². The minimum Gasteiger partial charge on any atom is -0.0923 e. The summed E-state index contributed by atoms with van der Waals surface area (Å²) in [4.78, 5) is 0. The summed E-state index contributed by atoms with van der Waals surface area (Å²) in [5.41, 5.74) is 0. The van der Waals surface area contributed by atoms with Crippen molar-refractivity contribution in [3.8, 4) is 0 Å². The molecular formula is C2H5B3Ru. The second-order valence-electron chi connectivity index (χ2n) is 0.836. The van der Waals surface area contributed by atoms with Gasteiger partial charge in [0, 0.05) is 34.3 Å². The molecule has 4 radical (unpaired) electrons. The fourth-order valence-corrected chi connectivity index (χ4v) is 0.136.